The van der Waals surface area contributed by atoms with Gasteiger partial charge in [-0.1, -0.05) is 102 Å². The summed E-state index contributed by atoms with van der Waals surface area (Å²) >= 11 is 0. The molecule has 53 heavy (non-hydrogen) atoms. The number of halogens is 7. The Morgan fingerprint density at radius 2 is 0.755 bits per heavy atom. The molecule has 0 N–H and O–H groups in total. The molecule has 0 fully saturated rings. The zero-order valence-corrected chi connectivity index (χ0v) is 31.9. The van der Waals surface area contributed by atoms with Gasteiger partial charge in [0.15, 0.2) is 0 Å². The van der Waals surface area contributed by atoms with Crippen molar-refractivity contribution >= 4 is 7.81 Å². The normalized spacial score (nSPS) is 11.0. The largest absolute Gasteiger partial charge is 3.00 e. The summed E-state index contributed by atoms with van der Waals surface area (Å²) in [5.41, 5.74) is 8.12. The first-order valence-corrected chi connectivity index (χ1v) is 17.4. The Balaban J connectivity index is 0.000000351. The first-order chi connectivity index (χ1) is 24.1. The minimum atomic E-state index is -10.7. The van der Waals surface area contributed by atoms with Crippen molar-refractivity contribution in [2.75, 3.05) is 0 Å². The van der Waals surface area contributed by atoms with E-state index in [0.717, 1.165) is 34.0 Å². The molecule has 0 saturated carbocycles. The standard InChI is InChI=1S/C15H11N3.C11H8N.2C7H8.ClH.F6P.Ru/c1-3-10-16-12(6-1)14-8-5-9-15(18-14)13-7-2-4-11-17-13;1-2-6-10(7-3-1)11-8-4-5-9-12-11;2*1-7-5-3-2-4-6-7;;1-7(2,3,4,5)6;/h1-11H;1-6,8-9H;2*2-6H,1H3;1H;;/q;-1;;;;-1;+3/p-1. The van der Waals surface area contributed by atoms with Crippen LogP contribution in [0.2, 0.25) is 0 Å². The molecule has 0 atom stereocenters. The van der Waals surface area contributed by atoms with Crippen LogP contribution in [0, 0.1) is 19.9 Å². The molecule has 277 valence electrons. The van der Waals surface area contributed by atoms with Gasteiger partial charge >= 0.3 is 52.5 Å². The van der Waals surface area contributed by atoms with Crippen LogP contribution < -0.4 is 12.4 Å². The van der Waals surface area contributed by atoms with E-state index in [9.17, 15) is 25.2 Å². The fraction of sp³-hybridized carbons (Fsp3) is 0.0500. The molecule has 13 heteroatoms. The molecule has 4 nitrogen and oxygen atoms in total. The summed E-state index contributed by atoms with van der Waals surface area (Å²) in [5.74, 6) is 0. The number of hydrogen-bond donors (Lipinski definition) is 0. The SMILES string of the molecule is Cc1ccccc1.Cc1ccccc1.F[P-](F)(F)(F)(F)F.[Cl-].[Ru+3].[c-]1ccccc1-c1ccccn1.c1ccc(-c2cccc(-c3ccccn3)n2)nc1. The molecule has 0 spiro atoms. The van der Waals surface area contributed by atoms with Crippen molar-refractivity contribution in [3.63, 3.8) is 0 Å². The van der Waals surface area contributed by atoms with Crippen molar-refractivity contribution in [2.24, 2.45) is 0 Å². The van der Waals surface area contributed by atoms with Gasteiger partial charge in [0.1, 0.15) is 0 Å². The van der Waals surface area contributed by atoms with Crippen LogP contribution >= 0.6 is 7.81 Å². The molecule has 0 saturated heterocycles. The van der Waals surface area contributed by atoms with E-state index in [-0.39, 0.29) is 31.9 Å². The summed E-state index contributed by atoms with van der Waals surface area (Å²) < 4.78 is 59.2. The van der Waals surface area contributed by atoms with Crippen molar-refractivity contribution < 1.29 is 57.1 Å². The Bertz CT molecular complexity index is 1850. The molecule has 7 rings (SSSR count). The van der Waals surface area contributed by atoms with Crippen LogP contribution in [0.3, 0.4) is 0 Å². The molecule has 0 unspecified atom stereocenters. The van der Waals surface area contributed by atoms with Crippen LogP contribution in [0.5, 0.6) is 0 Å². The number of nitrogens with zero attached hydrogens (tertiary/aromatic N) is 4. The van der Waals surface area contributed by atoms with Gasteiger partial charge in [0.2, 0.25) is 0 Å². The van der Waals surface area contributed by atoms with E-state index in [0.29, 0.717) is 0 Å². The first-order valence-electron chi connectivity index (χ1n) is 15.4. The van der Waals surface area contributed by atoms with Gasteiger partial charge in [0.05, 0.1) is 22.8 Å². The van der Waals surface area contributed by atoms with Crippen LogP contribution in [-0.2, 0) is 19.5 Å². The molecule has 0 aliphatic heterocycles. The van der Waals surface area contributed by atoms with Crippen molar-refractivity contribution in [1.29, 1.82) is 0 Å². The second-order valence-electron chi connectivity index (χ2n) is 10.6. The third-order valence-corrected chi connectivity index (χ3v) is 6.13. The Labute approximate surface area is 324 Å². The smallest absolute Gasteiger partial charge is 1.00 e. The Morgan fingerprint density at radius 3 is 1.06 bits per heavy atom. The van der Waals surface area contributed by atoms with Gasteiger partial charge in [0.25, 0.3) is 0 Å². The average Bonchev–Trinajstić information content (AvgIpc) is 3.13. The summed E-state index contributed by atoms with van der Waals surface area (Å²) in [6.07, 6.45) is 5.32. The number of aryl methyl sites for hydroxylation is 2. The van der Waals surface area contributed by atoms with E-state index >= 15 is 0 Å². The first kappa shape index (κ1) is 46.2. The maximum absolute atomic E-state index is 10.7. The van der Waals surface area contributed by atoms with Crippen LogP contribution in [0.25, 0.3) is 34.0 Å². The number of aromatic nitrogens is 4. The Hall–Kier alpha value is -4.82. The summed E-state index contributed by atoms with van der Waals surface area (Å²) in [5, 5.41) is 0. The molecule has 0 amide bonds. The fourth-order valence-corrected chi connectivity index (χ4v) is 3.89. The average molecular weight is 853 g/mol. The molecule has 4 aromatic heterocycles. The van der Waals surface area contributed by atoms with Crippen LogP contribution in [-0.4, -0.2) is 19.9 Å². The summed E-state index contributed by atoms with van der Waals surface area (Å²) in [6.45, 7) is 4.17. The van der Waals surface area contributed by atoms with E-state index in [1.165, 1.54) is 11.1 Å². The number of hydrogen-bond acceptors (Lipinski definition) is 4. The molecular weight excluding hydrogens is 818 g/mol. The Kier molecular flexibility index (Phi) is 18.9. The number of benzene rings is 3. The number of pyridine rings is 4. The molecule has 0 bridgehead atoms. The molecular formula is C40H35ClF6N4PRu. The number of rotatable bonds is 3. The minimum Gasteiger partial charge on any atom is -1.00 e. The molecule has 1 radical (unpaired) electrons. The zero-order valence-electron chi connectivity index (χ0n) is 28.5. The van der Waals surface area contributed by atoms with Gasteiger partial charge in [-0.25, -0.2) is 4.98 Å². The van der Waals surface area contributed by atoms with Gasteiger partial charge < -0.3 is 17.4 Å². The predicted octanol–water partition coefficient (Wildman–Crippen LogP) is 10.1. The van der Waals surface area contributed by atoms with E-state index in [1.807, 2.05) is 133 Å². The van der Waals surface area contributed by atoms with E-state index in [1.54, 1.807) is 18.6 Å². The second kappa shape index (κ2) is 21.6. The van der Waals surface area contributed by atoms with Gasteiger partial charge in [0, 0.05) is 18.6 Å². The van der Waals surface area contributed by atoms with Crippen molar-refractivity contribution in [2.45, 2.75) is 13.8 Å². The maximum atomic E-state index is 9.87. The topological polar surface area (TPSA) is 51.6 Å². The third kappa shape index (κ3) is 22.7. The molecule has 0 aliphatic rings. The second-order valence-corrected chi connectivity index (χ2v) is 12.5. The van der Waals surface area contributed by atoms with Gasteiger partial charge in [-0.2, -0.15) is 0 Å². The minimum absolute atomic E-state index is 0. The third-order valence-electron chi connectivity index (χ3n) is 6.13. The van der Waals surface area contributed by atoms with Gasteiger partial charge in [-0.3, -0.25) is 9.97 Å². The molecule has 7 aromatic rings. The molecule has 4 heterocycles. The van der Waals surface area contributed by atoms with E-state index in [2.05, 4.69) is 64.1 Å². The van der Waals surface area contributed by atoms with Crippen molar-refractivity contribution in [3.8, 4) is 34.0 Å². The van der Waals surface area contributed by atoms with Crippen molar-refractivity contribution in [1.82, 2.24) is 19.9 Å². The molecule has 0 aliphatic carbocycles. The summed E-state index contributed by atoms with van der Waals surface area (Å²) in [7, 11) is -10.7. The monoisotopic (exact) mass is 853 g/mol. The zero-order chi connectivity index (χ0) is 37.1. The summed E-state index contributed by atoms with van der Waals surface area (Å²) in [4.78, 5) is 17.4. The van der Waals surface area contributed by atoms with Crippen LogP contribution in [0.4, 0.5) is 25.2 Å². The van der Waals surface area contributed by atoms with Crippen LogP contribution in [0.1, 0.15) is 11.1 Å². The van der Waals surface area contributed by atoms with Crippen LogP contribution in [0.15, 0.2) is 176 Å². The van der Waals surface area contributed by atoms with Gasteiger partial charge in [-0.05, 0) is 62.0 Å². The summed E-state index contributed by atoms with van der Waals surface area (Å²) in [6, 6.07) is 54.8. The quantitative estimate of drug-likeness (QED) is 0.0769. The Morgan fingerprint density at radius 1 is 0.415 bits per heavy atom. The molecule has 3 aromatic carbocycles. The van der Waals surface area contributed by atoms with E-state index in [4.69, 9.17) is 0 Å². The maximum Gasteiger partial charge on any atom is 3.00 e. The van der Waals surface area contributed by atoms with Crippen molar-refractivity contribution in [3.05, 3.63) is 194 Å². The van der Waals surface area contributed by atoms with E-state index < -0.39 is 7.81 Å². The fourth-order valence-electron chi connectivity index (χ4n) is 3.89. The predicted molar refractivity (Wildman–Crippen MR) is 195 cm³/mol. The van der Waals surface area contributed by atoms with Gasteiger partial charge in [-0.15, -0.1) is 35.9 Å².